The van der Waals surface area contributed by atoms with Gasteiger partial charge < -0.3 is 4.52 Å². The third-order valence-electron chi connectivity index (χ3n) is 4.95. The van der Waals surface area contributed by atoms with Crippen molar-refractivity contribution in [2.75, 3.05) is 13.1 Å². The van der Waals surface area contributed by atoms with Crippen LogP contribution in [-0.4, -0.2) is 48.3 Å². The number of piperidine rings is 1. The van der Waals surface area contributed by atoms with Gasteiger partial charge in [0.15, 0.2) is 11.6 Å². The van der Waals surface area contributed by atoms with E-state index >= 15 is 0 Å². The quantitative estimate of drug-likeness (QED) is 0.768. The molecular formula is C16H25N7O. The van der Waals surface area contributed by atoms with Gasteiger partial charge in [0, 0.05) is 24.9 Å². The zero-order chi connectivity index (χ0) is 16.4. The number of likely N-dealkylation sites (tertiary alicyclic amines) is 1. The summed E-state index contributed by atoms with van der Waals surface area (Å²) >= 11 is 0. The maximum Gasteiger partial charge on any atom is 0.229 e. The molecule has 24 heavy (non-hydrogen) atoms. The monoisotopic (exact) mass is 331 g/mol. The number of unbranched alkanes of at least 4 members (excludes halogenated alkanes) is 1. The van der Waals surface area contributed by atoms with Crippen molar-refractivity contribution in [2.45, 2.75) is 70.4 Å². The van der Waals surface area contributed by atoms with Crippen molar-refractivity contribution >= 4 is 0 Å². The van der Waals surface area contributed by atoms with Crippen molar-refractivity contribution in [1.29, 1.82) is 0 Å². The number of aryl methyl sites for hydroxylation is 1. The molecule has 8 nitrogen and oxygen atoms in total. The zero-order valence-electron chi connectivity index (χ0n) is 14.3. The van der Waals surface area contributed by atoms with Gasteiger partial charge in [-0.3, -0.25) is 4.90 Å². The Morgan fingerprint density at radius 3 is 2.96 bits per heavy atom. The summed E-state index contributed by atoms with van der Waals surface area (Å²) in [6.45, 7) is 5.89. The molecule has 2 fully saturated rings. The first-order chi connectivity index (χ1) is 11.8. The van der Waals surface area contributed by atoms with E-state index in [1.807, 2.05) is 4.68 Å². The van der Waals surface area contributed by atoms with E-state index < -0.39 is 0 Å². The van der Waals surface area contributed by atoms with E-state index in [0.717, 1.165) is 69.4 Å². The number of hydrogen-bond donors (Lipinski definition) is 0. The molecule has 1 aliphatic carbocycles. The van der Waals surface area contributed by atoms with E-state index in [0.29, 0.717) is 11.8 Å². The summed E-state index contributed by atoms with van der Waals surface area (Å²) in [5, 5.41) is 16.4. The Kier molecular flexibility index (Phi) is 4.55. The summed E-state index contributed by atoms with van der Waals surface area (Å²) < 4.78 is 7.37. The molecule has 1 atom stereocenters. The Balaban J connectivity index is 1.38. The van der Waals surface area contributed by atoms with Crippen LogP contribution in [0.3, 0.4) is 0 Å². The standard InChI is InChI=1S/C16H25N7O/c1-2-3-9-23-14(18-20-21-23)11-22-8-4-5-13(10-22)15-17-16(24-19-15)12-6-7-12/h12-13H,2-11H2,1H3/t13-/m1/s1. The molecule has 2 aromatic rings. The van der Waals surface area contributed by atoms with Crippen LogP contribution in [0.4, 0.5) is 0 Å². The van der Waals surface area contributed by atoms with Crippen LogP contribution in [0.2, 0.25) is 0 Å². The fourth-order valence-electron chi connectivity index (χ4n) is 3.34. The van der Waals surface area contributed by atoms with Gasteiger partial charge in [0.05, 0.1) is 6.54 Å². The summed E-state index contributed by atoms with van der Waals surface area (Å²) in [6.07, 6.45) is 6.91. The largest absolute Gasteiger partial charge is 0.339 e. The Labute approximate surface area is 141 Å². The Morgan fingerprint density at radius 1 is 1.21 bits per heavy atom. The Morgan fingerprint density at radius 2 is 2.12 bits per heavy atom. The topological polar surface area (TPSA) is 85.8 Å². The first kappa shape index (κ1) is 15.7. The number of nitrogens with zero attached hydrogens (tertiary/aromatic N) is 7. The number of rotatable bonds is 7. The van der Waals surface area contributed by atoms with Crippen molar-refractivity contribution in [3.05, 3.63) is 17.5 Å². The molecule has 2 aliphatic rings. The normalized spacial score (nSPS) is 22.1. The molecule has 130 valence electrons. The molecule has 0 aromatic carbocycles. The average Bonchev–Trinajstić information content (AvgIpc) is 3.17. The fraction of sp³-hybridized carbons (Fsp3) is 0.812. The minimum absolute atomic E-state index is 0.356. The third kappa shape index (κ3) is 3.48. The van der Waals surface area contributed by atoms with Crippen molar-refractivity contribution in [3.63, 3.8) is 0 Å². The predicted molar refractivity (Wildman–Crippen MR) is 86.3 cm³/mol. The maximum absolute atomic E-state index is 5.43. The zero-order valence-corrected chi connectivity index (χ0v) is 14.3. The Bertz CT molecular complexity index is 663. The number of hydrogen-bond acceptors (Lipinski definition) is 7. The molecule has 8 heteroatoms. The van der Waals surface area contributed by atoms with Gasteiger partial charge in [-0.1, -0.05) is 18.5 Å². The van der Waals surface area contributed by atoms with Crippen molar-refractivity contribution in [3.8, 4) is 0 Å². The van der Waals surface area contributed by atoms with Crippen molar-refractivity contribution in [1.82, 2.24) is 35.2 Å². The maximum atomic E-state index is 5.43. The minimum atomic E-state index is 0.356. The van der Waals surface area contributed by atoms with E-state index in [1.165, 1.54) is 12.8 Å². The summed E-state index contributed by atoms with van der Waals surface area (Å²) in [7, 11) is 0. The van der Waals surface area contributed by atoms with Crippen molar-refractivity contribution in [2.24, 2.45) is 0 Å². The second kappa shape index (κ2) is 6.96. The molecule has 2 aromatic heterocycles. The van der Waals surface area contributed by atoms with Crippen LogP contribution in [0.25, 0.3) is 0 Å². The molecule has 0 spiro atoms. The van der Waals surface area contributed by atoms with Gasteiger partial charge in [-0.25, -0.2) is 4.68 Å². The van der Waals surface area contributed by atoms with Gasteiger partial charge in [-0.2, -0.15) is 4.98 Å². The van der Waals surface area contributed by atoms with Crippen LogP contribution in [-0.2, 0) is 13.1 Å². The van der Waals surface area contributed by atoms with E-state index in [1.54, 1.807) is 0 Å². The van der Waals surface area contributed by atoms with Gasteiger partial charge in [-0.05, 0) is 49.1 Å². The van der Waals surface area contributed by atoms with E-state index in [-0.39, 0.29) is 0 Å². The molecular weight excluding hydrogens is 306 g/mol. The van der Waals surface area contributed by atoms with Gasteiger partial charge in [0.1, 0.15) is 0 Å². The lowest BCUT2D eigenvalue weighted by Crippen LogP contribution is -2.35. The van der Waals surface area contributed by atoms with Crippen LogP contribution in [0.5, 0.6) is 0 Å². The lowest BCUT2D eigenvalue weighted by molar-refractivity contribution is 0.187. The summed E-state index contributed by atoms with van der Waals surface area (Å²) in [5.74, 6) is 3.55. The highest BCUT2D eigenvalue weighted by Crippen LogP contribution is 2.39. The SMILES string of the molecule is CCCCn1nnnc1CN1CCC[C@@H](c2noc(C3CC3)n2)C1. The molecule has 0 unspecified atom stereocenters. The van der Waals surface area contributed by atoms with Crippen LogP contribution >= 0.6 is 0 Å². The second-order valence-electron chi connectivity index (χ2n) is 7.01. The van der Waals surface area contributed by atoms with Crippen molar-refractivity contribution < 1.29 is 4.52 Å². The second-order valence-corrected chi connectivity index (χ2v) is 7.01. The van der Waals surface area contributed by atoms with Gasteiger partial charge in [0.2, 0.25) is 5.89 Å². The smallest absolute Gasteiger partial charge is 0.229 e. The minimum Gasteiger partial charge on any atom is -0.339 e. The molecule has 0 amide bonds. The van der Waals surface area contributed by atoms with Gasteiger partial charge >= 0.3 is 0 Å². The highest BCUT2D eigenvalue weighted by Gasteiger charge is 2.32. The predicted octanol–water partition coefficient (Wildman–Crippen LogP) is 2.11. The first-order valence-electron chi connectivity index (χ1n) is 9.14. The summed E-state index contributed by atoms with van der Waals surface area (Å²) in [6, 6.07) is 0. The molecule has 1 saturated heterocycles. The fourth-order valence-corrected chi connectivity index (χ4v) is 3.34. The first-order valence-corrected chi connectivity index (χ1v) is 9.14. The van der Waals surface area contributed by atoms with E-state index in [2.05, 4.69) is 37.5 Å². The van der Waals surface area contributed by atoms with Crippen LogP contribution < -0.4 is 0 Å². The number of tetrazole rings is 1. The van der Waals surface area contributed by atoms with Crippen LogP contribution in [0, 0.1) is 0 Å². The molecule has 0 bridgehead atoms. The van der Waals surface area contributed by atoms with Crippen LogP contribution in [0.15, 0.2) is 4.52 Å². The highest BCUT2D eigenvalue weighted by molar-refractivity contribution is 5.05. The third-order valence-corrected chi connectivity index (χ3v) is 4.95. The summed E-state index contributed by atoms with van der Waals surface area (Å²) in [5.41, 5.74) is 0. The lowest BCUT2D eigenvalue weighted by atomic mass is 9.97. The van der Waals surface area contributed by atoms with E-state index in [9.17, 15) is 0 Å². The molecule has 1 aliphatic heterocycles. The molecule has 3 heterocycles. The molecule has 0 radical (unpaired) electrons. The summed E-state index contributed by atoms with van der Waals surface area (Å²) in [4.78, 5) is 7.05. The number of aromatic nitrogens is 6. The van der Waals surface area contributed by atoms with E-state index in [4.69, 9.17) is 4.52 Å². The van der Waals surface area contributed by atoms with Crippen LogP contribution in [0.1, 0.15) is 74.8 Å². The molecule has 0 N–H and O–H groups in total. The average molecular weight is 331 g/mol. The lowest BCUT2D eigenvalue weighted by Gasteiger charge is -2.30. The molecule has 4 rings (SSSR count). The highest BCUT2D eigenvalue weighted by atomic mass is 16.5. The molecule has 1 saturated carbocycles. The van der Waals surface area contributed by atoms with Gasteiger partial charge in [-0.15, -0.1) is 5.10 Å². The van der Waals surface area contributed by atoms with Gasteiger partial charge in [0.25, 0.3) is 0 Å². The Hall–Kier alpha value is -1.83.